The van der Waals surface area contributed by atoms with Crippen molar-refractivity contribution in [2.75, 3.05) is 13.2 Å². The van der Waals surface area contributed by atoms with Gasteiger partial charge in [0.05, 0.1) is 0 Å². The number of hydrogen-bond donors (Lipinski definition) is 0. The lowest BCUT2D eigenvalue weighted by Gasteiger charge is -2.18. The van der Waals surface area contributed by atoms with Crippen LogP contribution < -0.4 is 0 Å². The molecule has 1 unspecified atom stereocenters. The van der Waals surface area contributed by atoms with Crippen LogP contribution in [0.2, 0.25) is 0 Å². The Hall–Kier alpha value is -3.15. The summed E-state index contributed by atoms with van der Waals surface area (Å²) in [7, 11) is 0. The summed E-state index contributed by atoms with van der Waals surface area (Å²) in [6.45, 7) is 6.52. The zero-order chi connectivity index (χ0) is 45.1. The summed E-state index contributed by atoms with van der Waals surface area (Å²) in [6.07, 6.45) is 63.1. The minimum absolute atomic E-state index is 0.0958. The molecule has 0 aliphatic carbocycles. The van der Waals surface area contributed by atoms with Crippen molar-refractivity contribution in [3.05, 3.63) is 72.9 Å². The molecule has 0 saturated carbocycles. The van der Waals surface area contributed by atoms with E-state index in [0.29, 0.717) is 19.3 Å². The van der Waals surface area contributed by atoms with Crippen molar-refractivity contribution in [3.63, 3.8) is 0 Å². The molecule has 0 N–H and O–H groups in total. The van der Waals surface area contributed by atoms with E-state index < -0.39 is 6.10 Å². The van der Waals surface area contributed by atoms with E-state index >= 15 is 0 Å². The highest BCUT2D eigenvalue weighted by Gasteiger charge is 2.19. The van der Waals surface area contributed by atoms with E-state index in [0.717, 1.165) is 77.0 Å². The second-order valence-corrected chi connectivity index (χ2v) is 17.1. The van der Waals surface area contributed by atoms with Gasteiger partial charge in [-0.05, 0) is 83.5 Å². The first-order valence-electron chi connectivity index (χ1n) is 26.0. The van der Waals surface area contributed by atoms with E-state index in [9.17, 15) is 14.4 Å². The molecule has 0 radical (unpaired) electrons. The Bertz CT molecular complexity index is 1180. The lowest BCUT2D eigenvalue weighted by atomic mass is 10.0. The van der Waals surface area contributed by atoms with E-state index in [1.165, 1.54) is 122 Å². The zero-order valence-electron chi connectivity index (χ0n) is 40.6. The molecule has 62 heavy (non-hydrogen) atoms. The van der Waals surface area contributed by atoms with Gasteiger partial charge in [-0.15, -0.1) is 0 Å². The summed E-state index contributed by atoms with van der Waals surface area (Å²) in [5.41, 5.74) is 0. The summed E-state index contributed by atoms with van der Waals surface area (Å²) >= 11 is 0. The average molecular weight is 865 g/mol. The largest absolute Gasteiger partial charge is 0.462 e. The van der Waals surface area contributed by atoms with Gasteiger partial charge >= 0.3 is 17.9 Å². The molecule has 0 aromatic carbocycles. The van der Waals surface area contributed by atoms with Gasteiger partial charge in [0.2, 0.25) is 0 Å². The number of carbonyl (C=O) groups excluding carboxylic acids is 3. The fourth-order valence-corrected chi connectivity index (χ4v) is 7.01. The predicted octanol–water partition coefficient (Wildman–Crippen LogP) is 17.0. The molecule has 0 amide bonds. The maximum Gasteiger partial charge on any atom is 0.306 e. The van der Waals surface area contributed by atoms with Gasteiger partial charge in [-0.3, -0.25) is 14.4 Å². The normalized spacial score (nSPS) is 12.6. The molecule has 0 aliphatic rings. The van der Waals surface area contributed by atoms with Gasteiger partial charge in [0.1, 0.15) is 13.2 Å². The van der Waals surface area contributed by atoms with Gasteiger partial charge in [0.15, 0.2) is 6.10 Å². The summed E-state index contributed by atoms with van der Waals surface area (Å²) in [5.74, 6) is -0.964. The van der Waals surface area contributed by atoms with Crippen molar-refractivity contribution in [1.82, 2.24) is 0 Å². The van der Waals surface area contributed by atoms with Crippen LogP contribution in [0.25, 0.3) is 0 Å². The highest BCUT2D eigenvalue weighted by atomic mass is 16.6. The first-order chi connectivity index (χ1) is 30.5. The molecule has 0 spiro atoms. The monoisotopic (exact) mass is 865 g/mol. The fraction of sp³-hybridized carbons (Fsp3) is 0.732. The van der Waals surface area contributed by atoms with Crippen LogP contribution in [0.3, 0.4) is 0 Å². The number of carbonyl (C=O) groups is 3. The second-order valence-electron chi connectivity index (χ2n) is 17.1. The third kappa shape index (κ3) is 47.9. The number of hydrogen-bond acceptors (Lipinski definition) is 6. The SMILES string of the molecule is CCCCC/C=C\C=C/CCCCCCCCC(=O)OC(COC(=O)CCC/C=C\C/C=C\C/C=C\C/C=C\CCCCC)COC(=O)CCCCCCCCCCCCCC. The summed E-state index contributed by atoms with van der Waals surface area (Å²) in [4.78, 5) is 37.9. The van der Waals surface area contributed by atoms with Crippen molar-refractivity contribution >= 4 is 17.9 Å². The Morgan fingerprint density at radius 2 is 0.645 bits per heavy atom. The standard InChI is InChI=1S/C56H96O6/c1-4-7-10-13-16-19-22-25-27-28-30-31-34-37-40-43-46-49-55(58)61-52-53(51-60-54(57)48-45-42-39-36-33-24-21-18-15-12-9-6-3)62-56(59)50-47-44-41-38-35-32-29-26-23-20-17-14-11-8-5-2/h16-17,19-20,23,25-27,30-31,37,40,53H,4-15,18,21-22,24,28-29,32-36,38-39,41-52H2,1-3H3/b19-16-,20-17-,26-23-,27-25-,31-30-,40-37-. The van der Waals surface area contributed by atoms with Gasteiger partial charge in [-0.1, -0.05) is 216 Å². The van der Waals surface area contributed by atoms with E-state index in [1.54, 1.807) is 0 Å². The van der Waals surface area contributed by atoms with E-state index in [4.69, 9.17) is 14.2 Å². The first kappa shape index (κ1) is 58.9. The molecular formula is C56H96O6. The molecule has 0 aromatic heterocycles. The molecule has 0 heterocycles. The van der Waals surface area contributed by atoms with Gasteiger partial charge in [0.25, 0.3) is 0 Å². The first-order valence-corrected chi connectivity index (χ1v) is 26.0. The number of rotatable bonds is 46. The van der Waals surface area contributed by atoms with Gasteiger partial charge in [0, 0.05) is 19.3 Å². The lowest BCUT2D eigenvalue weighted by Crippen LogP contribution is -2.30. The number of ether oxygens (including phenoxy) is 3. The van der Waals surface area contributed by atoms with Crippen LogP contribution in [0.15, 0.2) is 72.9 Å². The summed E-state index contributed by atoms with van der Waals surface area (Å²) in [6, 6.07) is 0. The minimum Gasteiger partial charge on any atom is -0.462 e. The van der Waals surface area contributed by atoms with E-state index in [2.05, 4.69) is 93.7 Å². The van der Waals surface area contributed by atoms with Gasteiger partial charge < -0.3 is 14.2 Å². The van der Waals surface area contributed by atoms with Crippen LogP contribution in [0, 0.1) is 0 Å². The molecule has 0 aliphatic heterocycles. The van der Waals surface area contributed by atoms with Crippen molar-refractivity contribution in [2.24, 2.45) is 0 Å². The van der Waals surface area contributed by atoms with Crippen molar-refractivity contribution in [2.45, 2.75) is 252 Å². The van der Waals surface area contributed by atoms with Crippen LogP contribution in [0.5, 0.6) is 0 Å². The third-order valence-electron chi connectivity index (χ3n) is 11.0. The van der Waals surface area contributed by atoms with Crippen molar-refractivity contribution < 1.29 is 28.6 Å². The van der Waals surface area contributed by atoms with Crippen molar-refractivity contribution in [3.8, 4) is 0 Å². The number of esters is 3. The Morgan fingerprint density at radius 1 is 0.339 bits per heavy atom. The third-order valence-corrected chi connectivity index (χ3v) is 11.0. The Morgan fingerprint density at radius 3 is 1.10 bits per heavy atom. The van der Waals surface area contributed by atoms with Crippen LogP contribution in [-0.4, -0.2) is 37.2 Å². The Balaban J connectivity index is 4.48. The molecule has 0 saturated heterocycles. The molecule has 0 rings (SSSR count). The van der Waals surface area contributed by atoms with Crippen molar-refractivity contribution in [1.29, 1.82) is 0 Å². The molecule has 0 aromatic rings. The average Bonchev–Trinajstić information content (AvgIpc) is 3.27. The maximum atomic E-state index is 12.8. The molecule has 0 fully saturated rings. The quantitative estimate of drug-likeness (QED) is 0.0199. The smallest absolute Gasteiger partial charge is 0.306 e. The van der Waals surface area contributed by atoms with E-state index in [-0.39, 0.29) is 37.5 Å². The van der Waals surface area contributed by atoms with Crippen LogP contribution in [-0.2, 0) is 28.6 Å². The van der Waals surface area contributed by atoms with Crippen LogP contribution >= 0.6 is 0 Å². The predicted molar refractivity (Wildman–Crippen MR) is 265 cm³/mol. The Labute approximate surface area is 382 Å². The highest BCUT2D eigenvalue weighted by Crippen LogP contribution is 2.14. The number of allylic oxidation sites excluding steroid dienone is 12. The number of unbranched alkanes of at least 4 members (excludes halogenated alkanes) is 24. The van der Waals surface area contributed by atoms with Gasteiger partial charge in [-0.2, -0.15) is 0 Å². The minimum atomic E-state index is -0.801. The maximum absolute atomic E-state index is 12.8. The molecule has 6 nitrogen and oxygen atoms in total. The van der Waals surface area contributed by atoms with Crippen LogP contribution in [0.1, 0.15) is 245 Å². The van der Waals surface area contributed by atoms with Gasteiger partial charge in [-0.25, -0.2) is 0 Å². The lowest BCUT2D eigenvalue weighted by molar-refractivity contribution is -0.167. The molecular weight excluding hydrogens is 769 g/mol. The molecule has 356 valence electrons. The summed E-state index contributed by atoms with van der Waals surface area (Å²) < 4.78 is 16.7. The molecule has 6 heteroatoms. The molecule has 0 bridgehead atoms. The topological polar surface area (TPSA) is 78.9 Å². The molecule has 1 atom stereocenters. The summed E-state index contributed by atoms with van der Waals surface area (Å²) in [5, 5.41) is 0. The Kier molecular flexibility index (Phi) is 47.9. The van der Waals surface area contributed by atoms with E-state index in [1.807, 2.05) is 0 Å². The fourth-order valence-electron chi connectivity index (χ4n) is 7.01. The second kappa shape index (κ2) is 50.5. The zero-order valence-corrected chi connectivity index (χ0v) is 40.6. The van der Waals surface area contributed by atoms with Crippen LogP contribution in [0.4, 0.5) is 0 Å². The highest BCUT2D eigenvalue weighted by molar-refractivity contribution is 5.71.